The molecule has 0 heterocycles. The van der Waals surface area contributed by atoms with Gasteiger partial charge in [0, 0.05) is 29.6 Å². The molecule has 18 fully saturated rings. The molecule has 18 rings (SSSR count). The molecule has 12 bridgehead atoms. The molecule has 0 aromatic carbocycles. The summed E-state index contributed by atoms with van der Waals surface area (Å²) in [5, 5.41) is 0. The van der Waals surface area contributed by atoms with E-state index < -0.39 is 0 Å². The molecule has 14 nitrogen and oxygen atoms in total. The highest BCUT2D eigenvalue weighted by atomic mass is 16.6. The molecule has 0 saturated heterocycles. The first-order valence-corrected chi connectivity index (χ1v) is 54.0. The summed E-state index contributed by atoms with van der Waals surface area (Å²) < 4.78 is 41.8. The van der Waals surface area contributed by atoms with Crippen LogP contribution in [0.4, 0.5) is 0 Å². The summed E-state index contributed by atoms with van der Waals surface area (Å²) in [4.78, 5) is 85.3. The number of carbonyl (C=O) groups is 7. The molecule has 0 amide bonds. The molecule has 18 aliphatic carbocycles. The second kappa shape index (κ2) is 56.8. The van der Waals surface area contributed by atoms with E-state index in [2.05, 4.69) is 83.1 Å². The Labute approximate surface area is 871 Å². The predicted molar refractivity (Wildman–Crippen MR) is 598 cm³/mol. The van der Waals surface area contributed by atoms with Crippen LogP contribution in [0.1, 0.15) is 559 Å². The quantitative estimate of drug-likeness (QED) is 0.0566. The molecule has 0 radical (unpaired) electrons. The fourth-order valence-corrected chi connectivity index (χ4v) is 30.9. The van der Waals surface area contributed by atoms with E-state index in [9.17, 15) is 33.6 Å². The number of ether oxygens (including phenoxy) is 7. The van der Waals surface area contributed by atoms with Gasteiger partial charge in [0.25, 0.3) is 0 Å². The minimum absolute atomic E-state index is 0. The van der Waals surface area contributed by atoms with Gasteiger partial charge in [0.2, 0.25) is 0 Å². The van der Waals surface area contributed by atoms with Crippen molar-refractivity contribution in [1.82, 2.24) is 0 Å². The van der Waals surface area contributed by atoms with Crippen LogP contribution in [-0.4, -0.2) is 81.0 Å². The molecular weight excluding hydrogens is 1740 g/mol. The number of fused-ring (bicyclic) bond motifs is 25. The largest absolute Gasteiger partial charge is 0.459 e. The Balaban J connectivity index is -0.00000154. The SMILES string of the molecule is C.C.C.C.C.C.C.C.C.C.C.C.C.C.CCC(C)(C)C(=O)OC1(C)CC2CC1C1CCCC21.CCC(C)(C)C(=O)OC1(C)CC2CCC1C2.CCC(C)(C)C(=O)OC1(C)CCCC2CCCCC21.CCC(C)C(=O)OC1(C)CC2CC1C1CCCC21.CCC(C)C(=O)OC1(C)CC2CCC1C2.CCC(C)C(=O)OC1(C)CCCC2CCCCC21.CCC(C)C(=O)OC1(CC)CC2CC1C1C3CCC(C3)C21. The van der Waals surface area contributed by atoms with E-state index in [1.54, 1.807) is 0 Å². The fraction of sp³-hybridized carbons (Fsp3) is 0.944. The minimum atomic E-state index is -0.343. The number of carbonyl (C=O) groups excluding carboxylic acids is 7. The summed E-state index contributed by atoms with van der Waals surface area (Å²) >= 11 is 0. The van der Waals surface area contributed by atoms with Gasteiger partial charge in [0.15, 0.2) is 0 Å². The number of hydrogen-bond donors (Lipinski definition) is 0. The van der Waals surface area contributed by atoms with Crippen LogP contribution in [-0.2, 0) is 66.7 Å². The van der Waals surface area contributed by atoms with Crippen molar-refractivity contribution in [2.45, 2.75) is 598 Å². The van der Waals surface area contributed by atoms with Crippen LogP contribution >= 0.6 is 0 Å². The van der Waals surface area contributed by atoms with E-state index in [-0.39, 0.29) is 225 Å². The first kappa shape index (κ1) is 140. The van der Waals surface area contributed by atoms with Gasteiger partial charge in [-0.25, -0.2) is 0 Å². The smallest absolute Gasteiger partial charge is 0.312 e. The van der Waals surface area contributed by atoms with E-state index in [4.69, 9.17) is 33.2 Å². The lowest BCUT2D eigenvalue weighted by Gasteiger charge is -2.48. The molecule has 0 aliphatic heterocycles. The Morgan fingerprint density at radius 2 is 0.571 bits per heavy atom. The van der Waals surface area contributed by atoms with Crippen molar-refractivity contribution in [3.8, 4) is 0 Å². The second-order valence-electron chi connectivity index (χ2n) is 49.8. The zero-order valence-electron chi connectivity index (χ0n) is 85.0. The van der Waals surface area contributed by atoms with E-state index in [1.165, 1.54) is 199 Å². The summed E-state index contributed by atoms with van der Waals surface area (Å²) in [5.74, 6) is 18.1. The monoisotopic (exact) mass is 1980 g/mol. The van der Waals surface area contributed by atoms with Crippen molar-refractivity contribution >= 4 is 41.8 Å². The average molecular weight is 1980 g/mol. The fourth-order valence-electron chi connectivity index (χ4n) is 30.9. The normalized spacial score (nSPS) is 38.1. The highest BCUT2D eigenvalue weighted by Gasteiger charge is 2.69. The summed E-state index contributed by atoms with van der Waals surface area (Å²) in [6.07, 6.45) is 55.1. The number of hydrogen-bond acceptors (Lipinski definition) is 14. The summed E-state index contributed by atoms with van der Waals surface area (Å²) in [5.41, 5.74) is -2.09. The molecule has 0 aromatic rings. The summed E-state index contributed by atoms with van der Waals surface area (Å²) in [6, 6.07) is 0. The third-order valence-corrected chi connectivity index (χ3v) is 40.7. The lowest BCUT2D eigenvalue weighted by molar-refractivity contribution is -0.185. The molecule has 14 heteroatoms. The van der Waals surface area contributed by atoms with E-state index in [0.29, 0.717) is 41.4 Å². The molecule has 18 aliphatic rings. The molecule has 33 unspecified atom stereocenters. The van der Waals surface area contributed by atoms with E-state index in [1.807, 2.05) is 83.1 Å². The van der Waals surface area contributed by atoms with Crippen molar-refractivity contribution in [3.05, 3.63) is 0 Å². The highest BCUT2D eigenvalue weighted by Crippen LogP contribution is 2.72. The Morgan fingerprint density at radius 1 is 0.264 bits per heavy atom. The molecule has 0 spiro atoms. The topological polar surface area (TPSA) is 184 Å². The van der Waals surface area contributed by atoms with Gasteiger partial charge in [-0.2, -0.15) is 0 Å². The van der Waals surface area contributed by atoms with Crippen LogP contribution in [0, 0.1) is 170 Å². The maximum absolute atomic E-state index is 12.4. The molecule has 18 saturated carbocycles. The molecule has 140 heavy (non-hydrogen) atoms. The van der Waals surface area contributed by atoms with Crippen molar-refractivity contribution < 1.29 is 66.7 Å². The zero-order chi connectivity index (χ0) is 91.8. The first-order valence-electron chi connectivity index (χ1n) is 54.0. The van der Waals surface area contributed by atoms with Gasteiger partial charge in [-0.15, -0.1) is 0 Å². The third kappa shape index (κ3) is 29.7. The van der Waals surface area contributed by atoms with Gasteiger partial charge < -0.3 is 33.2 Å². The molecule has 0 aromatic heterocycles. The highest BCUT2D eigenvalue weighted by molar-refractivity contribution is 5.78. The zero-order valence-corrected chi connectivity index (χ0v) is 85.0. The maximum atomic E-state index is 12.4. The summed E-state index contributed by atoms with van der Waals surface area (Å²) in [6.45, 7) is 49.6. The number of rotatable bonds is 22. The second-order valence-corrected chi connectivity index (χ2v) is 49.8. The lowest BCUT2D eigenvalue weighted by atomic mass is 9.63. The molecule has 832 valence electrons. The van der Waals surface area contributed by atoms with E-state index in [0.717, 1.165) is 179 Å². The van der Waals surface area contributed by atoms with Crippen LogP contribution in [0.3, 0.4) is 0 Å². The Hall–Kier alpha value is -3.71. The van der Waals surface area contributed by atoms with Crippen LogP contribution in [0.5, 0.6) is 0 Å². The van der Waals surface area contributed by atoms with Gasteiger partial charge >= 0.3 is 41.8 Å². The molecule has 0 N–H and O–H groups in total. The van der Waals surface area contributed by atoms with Crippen LogP contribution < -0.4 is 0 Å². The van der Waals surface area contributed by atoms with Crippen molar-refractivity contribution in [3.63, 3.8) is 0 Å². The first-order chi connectivity index (χ1) is 59.4. The number of esters is 7. The van der Waals surface area contributed by atoms with Gasteiger partial charge in [-0.05, 0) is 421 Å². The lowest BCUT2D eigenvalue weighted by Crippen LogP contribution is -2.49. The van der Waals surface area contributed by atoms with Crippen molar-refractivity contribution in [2.24, 2.45) is 170 Å². The minimum Gasteiger partial charge on any atom is -0.459 e. The third-order valence-electron chi connectivity index (χ3n) is 40.7. The standard InChI is InChI=1S/C19H30O2.C17H28O2.C17H30O2.C16H26O2.C16H28O2.C14H24O2.C13H22O2.14CH4/c1-4-11(3)18(20)21-19(5-2)10-14-9-15(19)17-13-7-6-12(8-13)16(14)17;1-5-16(2,3)15(18)19-17(4)10-11-9-14(17)13-8-6-7-12(11)13;1-5-16(2,3)15(18)19-17(4)12-8-10-13-9-6-7-11-14(13)17;1-4-10(2)15(17)18-16(3)9-11-8-14(16)13-7-5-6-12(11)13;1-4-12(2)15(17)18-16(3)11-7-9-13-8-5-6-10-14(13)16;1-5-13(2,3)12(15)16-14(4)9-10-6-7-11(14)8-10;1-4-9(2)12(14)15-13(3)8-10-5-6-11(13)7-10;;;;;;;;;;;;;;/h11-17H,4-10H2,1-3H3;11-14H,5-10H2,1-4H3;13-14H,5-12H2,1-4H3;10-14H,4-9H2,1-3H3;12-14H,4-11H2,1-3H3;10-11H,5-9H2,1-4H3;9-11H,4-8H2,1-3H3;14*1H4. The predicted octanol–water partition coefficient (Wildman–Crippen LogP) is 37.0. The molecular formula is C126H244O14. The van der Waals surface area contributed by atoms with Gasteiger partial charge in [0.05, 0.1) is 39.9 Å². The van der Waals surface area contributed by atoms with Crippen molar-refractivity contribution in [2.75, 3.05) is 0 Å². The Kier molecular flexibility index (Phi) is 56.9. The van der Waals surface area contributed by atoms with Crippen LogP contribution in [0.25, 0.3) is 0 Å². The Bertz CT molecular complexity index is 3670. The summed E-state index contributed by atoms with van der Waals surface area (Å²) in [7, 11) is 0. The van der Waals surface area contributed by atoms with Gasteiger partial charge in [0.1, 0.15) is 39.2 Å². The van der Waals surface area contributed by atoms with Gasteiger partial charge in [-0.3, -0.25) is 33.6 Å². The maximum Gasteiger partial charge on any atom is 0.312 e. The van der Waals surface area contributed by atoms with E-state index >= 15 is 0 Å². The molecule has 33 atom stereocenters. The van der Waals surface area contributed by atoms with Crippen LogP contribution in [0.2, 0.25) is 0 Å². The van der Waals surface area contributed by atoms with Crippen LogP contribution in [0.15, 0.2) is 0 Å². The van der Waals surface area contributed by atoms with Crippen molar-refractivity contribution in [1.29, 1.82) is 0 Å². The van der Waals surface area contributed by atoms with Gasteiger partial charge in [-0.1, -0.05) is 238 Å². The average Bonchev–Trinajstić information content (AvgIpc) is 1.53. The Morgan fingerprint density at radius 3 is 0.929 bits per heavy atom.